The van der Waals surface area contributed by atoms with Gasteiger partial charge in [0, 0.05) is 30.7 Å². The Morgan fingerprint density at radius 2 is 2.06 bits per heavy atom. The first kappa shape index (κ1) is 14.3. The lowest BCUT2D eigenvalue weighted by molar-refractivity contribution is -0.141. The van der Waals surface area contributed by atoms with E-state index in [-0.39, 0.29) is 12.8 Å². The normalized spacial score (nSPS) is 21.2. The Bertz CT molecular complexity index is 406. The second kappa shape index (κ2) is 5.72. The summed E-state index contributed by atoms with van der Waals surface area (Å²) < 4.78 is 23.0. The molecule has 0 radical (unpaired) electrons. The van der Waals surface area contributed by atoms with Gasteiger partial charge in [-0.15, -0.1) is 0 Å². The molecule has 0 aliphatic carbocycles. The van der Waals surface area contributed by atoms with Crippen LogP contribution in [-0.2, 0) is 19.4 Å². The maximum Gasteiger partial charge on any atom is 0.303 e. The third kappa shape index (κ3) is 4.19. The van der Waals surface area contributed by atoms with E-state index in [1.807, 2.05) is 0 Å². The number of aliphatic carboxylic acids is 1. The zero-order valence-corrected chi connectivity index (χ0v) is 11.1. The lowest BCUT2D eigenvalue weighted by atomic mass is 10.2. The van der Waals surface area contributed by atoms with E-state index in [0.29, 0.717) is 18.1 Å². The summed E-state index contributed by atoms with van der Waals surface area (Å²) in [7, 11) is -3.32. The molecule has 17 heavy (non-hydrogen) atoms. The molecule has 1 rings (SSSR count). The standard InChI is InChI=1S/C9H15NO5S2/c1-17(14,15)8-6-16-5-4-10(8)7(11)2-3-9(12)13/h8H,2-6H2,1H3,(H,12,13). The fourth-order valence-electron chi connectivity index (χ4n) is 1.58. The summed E-state index contributed by atoms with van der Waals surface area (Å²) in [6.45, 7) is 0.362. The third-order valence-electron chi connectivity index (χ3n) is 2.45. The quantitative estimate of drug-likeness (QED) is 0.767. The van der Waals surface area contributed by atoms with Gasteiger partial charge in [-0.3, -0.25) is 9.59 Å². The highest BCUT2D eigenvalue weighted by atomic mass is 32.2. The van der Waals surface area contributed by atoms with Crippen LogP contribution in [0, 0.1) is 0 Å². The second-order valence-corrected chi connectivity index (χ2v) is 7.19. The number of amides is 1. The van der Waals surface area contributed by atoms with Gasteiger partial charge in [0.25, 0.3) is 0 Å². The van der Waals surface area contributed by atoms with Gasteiger partial charge in [-0.05, 0) is 0 Å². The highest BCUT2D eigenvalue weighted by molar-refractivity contribution is 8.00. The fourth-order valence-corrected chi connectivity index (χ4v) is 4.42. The van der Waals surface area contributed by atoms with Crippen molar-refractivity contribution >= 4 is 33.5 Å². The van der Waals surface area contributed by atoms with Crippen molar-refractivity contribution < 1.29 is 23.1 Å². The van der Waals surface area contributed by atoms with Crippen molar-refractivity contribution in [1.82, 2.24) is 4.90 Å². The van der Waals surface area contributed by atoms with E-state index in [1.54, 1.807) is 0 Å². The molecule has 0 aromatic heterocycles. The summed E-state index contributed by atoms with van der Waals surface area (Å²) in [6, 6.07) is 0. The molecule has 1 aliphatic rings. The van der Waals surface area contributed by atoms with Crippen LogP contribution in [0.25, 0.3) is 0 Å². The molecule has 1 fully saturated rings. The smallest absolute Gasteiger partial charge is 0.303 e. The van der Waals surface area contributed by atoms with Gasteiger partial charge in [0.05, 0.1) is 6.42 Å². The average Bonchev–Trinajstić information content (AvgIpc) is 2.24. The molecule has 0 bridgehead atoms. The van der Waals surface area contributed by atoms with Gasteiger partial charge < -0.3 is 10.0 Å². The van der Waals surface area contributed by atoms with Gasteiger partial charge >= 0.3 is 5.97 Å². The average molecular weight is 281 g/mol. The van der Waals surface area contributed by atoms with Gasteiger partial charge in [0.1, 0.15) is 5.37 Å². The summed E-state index contributed by atoms with van der Waals surface area (Å²) in [5.74, 6) is -0.411. The number of carboxylic acids is 1. The van der Waals surface area contributed by atoms with Crippen molar-refractivity contribution in [3.8, 4) is 0 Å². The van der Waals surface area contributed by atoms with Crippen molar-refractivity contribution in [3.63, 3.8) is 0 Å². The first-order valence-electron chi connectivity index (χ1n) is 5.10. The lowest BCUT2D eigenvalue weighted by Gasteiger charge is -2.34. The zero-order chi connectivity index (χ0) is 13.1. The Morgan fingerprint density at radius 3 is 2.59 bits per heavy atom. The monoisotopic (exact) mass is 281 g/mol. The number of carbonyl (C=O) groups is 2. The maximum absolute atomic E-state index is 11.7. The molecule has 1 amide bonds. The van der Waals surface area contributed by atoms with Crippen LogP contribution < -0.4 is 0 Å². The Kier molecular flexibility index (Phi) is 4.81. The molecule has 1 saturated heterocycles. The summed E-state index contributed by atoms with van der Waals surface area (Å²) in [5.41, 5.74) is 0. The molecule has 1 N–H and O–H groups in total. The number of thioether (sulfide) groups is 1. The Hall–Kier alpha value is -0.760. The molecule has 1 heterocycles. The van der Waals surface area contributed by atoms with Gasteiger partial charge in [0.15, 0.2) is 9.84 Å². The molecule has 1 unspecified atom stereocenters. The van der Waals surface area contributed by atoms with E-state index >= 15 is 0 Å². The van der Waals surface area contributed by atoms with Crippen molar-refractivity contribution in [1.29, 1.82) is 0 Å². The van der Waals surface area contributed by atoms with E-state index in [2.05, 4.69) is 0 Å². The Morgan fingerprint density at radius 1 is 1.41 bits per heavy atom. The molecule has 1 aliphatic heterocycles. The number of carbonyl (C=O) groups excluding carboxylic acids is 1. The number of hydrogen-bond acceptors (Lipinski definition) is 5. The topological polar surface area (TPSA) is 91.8 Å². The van der Waals surface area contributed by atoms with Crippen LogP contribution in [0.4, 0.5) is 0 Å². The van der Waals surface area contributed by atoms with Crippen molar-refractivity contribution in [2.75, 3.05) is 24.3 Å². The largest absolute Gasteiger partial charge is 0.481 e. The number of hydrogen-bond donors (Lipinski definition) is 1. The summed E-state index contributed by atoms with van der Waals surface area (Å²) >= 11 is 1.49. The SMILES string of the molecule is CS(=O)(=O)C1CSCCN1C(=O)CCC(=O)O. The van der Waals surface area contributed by atoms with E-state index in [0.717, 1.165) is 6.26 Å². The predicted octanol–water partition coefficient (Wildman–Crippen LogP) is -0.203. The van der Waals surface area contributed by atoms with Crippen molar-refractivity contribution in [3.05, 3.63) is 0 Å². The summed E-state index contributed by atoms with van der Waals surface area (Å²) in [6.07, 6.45) is 0.687. The number of carboxylic acid groups (broad SMARTS) is 1. The molecular formula is C9H15NO5S2. The fraction of sp³-hybridized carbons (Fsp3) is 0.778. The van der Waals surface area contributed by atoms with Crippen LogP contribution >= 0.6 is 11.8 Å². The summed E-state index contributed by atoms with van der Waals surface area (Å²) in [4.78, 5) is 23.4. The van der Waals surface area contributed by atoms with Crippen LogP contribution in [0.5, 0.6) is 0 Å². The van der Waals surface area contributed by atoms with Gasteiger partial charge in [-0.25, -0.2) is 8.42 Å². The number of nitrogens with zero attached hydrogens (tertiary/aromatic N) is 1. The highest BCUT2D eigenvalue weighted by Crippen LogP contribution is 2.21. The summed E-state index contributed by atoms with van der Waals surface area (Å²) in [5, 5.41) is 7.68. The molecular weight excluding hydrogens is 266 g/mol. The highest BCUT2D eigenvalue weighted by Gasteiger charge is 2.33. The molecule has 8 heteroatoms. The molecule has 6 nitrogen and oxygen atoms in total. The van der Waals surface area contributed by atoms with Crippen LogP contribution in [0.15, 0.2) is 0 Å². The minimum absolute atomic E-state index is 0.147. The van der Waals surface area contributed by atoms with Crippen molar-refractivity contribution in [2.24, 2.45) is 0 Å². The van der Waals surface area contributed by atoms with Crippen LogP contribution in [0.2, 0.25) is 0 Å². The zero-order valence-electron chi connectivity index (χ0n) is 9.46. The van der Waals surface area contributed by atoms with Crippen LogP contribution in [-0.4, -0.2) is 60.0 Å². The minimum atomic E-state index is -3.32. The van der Waals surface area contributed by atoms with Crippen molar-refractivity contribution in [2.45, 2.75) is 18.2 Å². The molecule has 0 spiro atoms. The van der Waals surface area contributed by atoms with Gasteiger partial charge in [-0.1, -0.05) is 0 Å². The van der Waals surface area contributed by atoms with Crippen LogP contribution in [0.1, 0.15) is 12.8 Å². The first-order chi connectivity index (χ1) is 7.82. The Labute approximate surface area is 104 Å². The van der Waals surface area contributed by atoms with Gasteiger partial charge in [-0.2, -0.15) is 11.8 Å². The Balaban J connectivity index is 2.71. The molecule has 0 aromatic carbocycles. The van der Waals surface area contributed by atoms with E-state index < -0.39 is 27.1 Å². The lowest BCUT2D eigenvalue weighted by Crippen LogP contribution is -2.49. The maximum atomic E-state index is 11.7. The van der Waals surface area contributed by atoms with Crippen LogP contribution in [0.3, 0.4) is 0 Å². The van der Waals surface area contributed by atoms with E-state index in [4.69, 9.17) is 5.11 Å². The number of sulfone groups is 1. The van der Waals surface area contributed by atoms with E-state index in [1.165, 1.54) is 16.7 Å². The third-order valence-corrected chi connectivity index (χ3v) is 5.10. The molecule has 1 atom stereocenters. The second-order valence-electron chi connectivity index (χ2n) is 3.84. The molecule has 98 valence electrons. The van der Waals surface area contributed by atoms with Gasteiger partial charge in [0.2, 0.25) is 5.91 Å². The number of rotatable bonds is 4. The minimum Gasteiger partial charge on any atom is -0.481 e. The van der Waals surface area contributed by atoms with E-state index in [9.17, 15) is 18.0 Å². The molecule has 0 aromatic rings. The predicted molar refractivity (Wildman–Crippen MR) is 64.5 cm³/mol. The first-order valence-corrected chi connectivity index (χ1v) is 8.21. The molecule has 0 saturated carbocycles.